The van der Waals surface area contributed by atoms with Crippen molar-refractivity contribution in [1.82, 2.24) is 5.32 Å². The molecule has 4 heteroatoms. The molecule has 1 aromatic rings. The predicted molar refractivity (Wildman–Crippen MR) is 69.1 cm³/mol. The summed E-state index contributed by atoms with van der Waals surface area (Å²) in [4.78, 5) is 22.9. The van der Waals surface area contributed by atoms with Crippen molar-refractivity contribution in [3.63, 3.8) is 0 Å². The van der Waals surface area contributed by atoms with E-state index in [1.54, 1.807) is 0 Å². The molecular weight excluding hydrogens is 230 g/mol. The van der Waals surface area contributed by atoms with Gasteiger partial charge in [0.25, 0.3) is 0 Å². The first-order valence-electron chi connectivity index (χ1n) is 5.98. The fourth-order valence-corrected chi connectivity index (χ4v) is 1.63. The number of carbonyl (C=O) groups excluding carboxylic acids is 2. The summed E-state index contributed by atoms with van der Waals surface area (Å²) in [5.41, 5.74) is 0.913. The molecule has 0 aromatic heterocycles. The van der Waals surface area contributed by atoms with E-state index >= 15 is 0 Å². The Balaban J connectivity index is 2.44. The van der Waals surface area contributed by atoms with E-state index < -0.39 is 12.1 Å². The van der Waals surface area contributed by atoms with E-state index in [0.29, 0.717) is 0 Å². The number of amides is 1. The van der Waals surface area contributed by atoms with Gasteiger partial charge in [-0.3, -0.25) is 4.79 Å². The molecule has 1 aromatic carbocycles. The van der Waals surface area contributed by atoms with Crippen LogP contribution in [0.1, 0.15) is 26.3 Å². The third-order valence-electron chi connectivity index (χ3n) is 2.59. The molecule has 4 nitrogen and oxygen atoms in total. The van der Waals surface area contributed by atoms with Gasteiger partial charge in [-0.15, -0.1) is 0 Å². The van der Waals surface area contributed by atoms with Gasteiger partial charge >= 0.3 is 6.09 Å². The zero-order valence-corrected chi connectivity index (χ0v) is 11.0. The normalized spacial score (nSPS) is 12.0. The second-order valence-corrected chi connectivity index (χ2v) is 4.54. The molecule has 0 radical (unpaired) electrons. The number of carbonyl (C=O) groups is 2. The van der Waals surface area contributed by atoms with Gasteiger partial charge in [0.1, 0.15) is 6.61 Å². The van der Waals surface area contributed by atoms with Gasteiger partial charge in [0.05, 0.1) is 6.04 Å². The SMILES string of the molecule is CC(=O)C(NC(=O)OCc1ccccc1)C(C)C. The van der Waals surface area contributed by atoms with E-state index in [2.05, 4.69) is 5.32 Å². The van der Waals surface area contributed by atoms with Gasteiger partial charge in [-0.2, -0.15) is 0 Å². The van der Waals surface area contributed by atoms with Crippen molar-refractivity contribution >= 4 is 11.9 Å². The Labute approximate surface area is 107 Å². The van der Waals surface area contributed by atoms with Crippen LogP contribution < -0.4 is 5.32 Å². The van der Waals surface area contributed by atoms with Crippen LogP contribution in [-0.4, -0.2) is 17.9 Å². The molecule has 98 valence electrons. The lowest BCUT2D eigenvalue weighted by atomic mass is 10.0. The topological polar surface area (TPSA) is 55.4 Å². The Bertz CT molecular complexity index is 401. The molecule has 0 aliphatic rings. The zero-order valence-electron chi connectivity index (χ0n) is 11.0. The zero-order chi connectivity index (χ0) is 13.5. The summed E-state index contributed by atoms with van der Waals surface area (Å²) in [6.45, 7) is 5.42. The molecule has 0 aliphatic carbocycles. The molecule has 1 amide bonds. The van der Waals surface area contributed by atoms with Crippen molar-refractivity contribution < 1.29 is 14.3 Å². The first-order chi connectivity index (χ1) is 8.50. The molecule has 1 atom stereocenters. The Morgan fingerprint density at radius 3 is 2.33 bits per heavy atom. The summed E-state index contributed by atoms with van der Waals surface area (Å²) in [6, 6.07) is 8.91. The highest BCUT2D eigenvalue weighted by Crippen LogP contribution is 2.04. The number of ether oxygens (including phenoxy) is 1. The van der Waals surface area contributed by atoms with Crippen molar-refractivity contribution in [2.24, 2.45) is 5.92 Å². The summed E-state index contributed by atoms with van der Waals surface area (Å²) < 4.78 is 5.06. The third kappa shape index (κ3) is 4.57. The van der Waals surface area contributed by atoms with E-state index in [1.807, 2.05) is 44.2 Å². The van der Waals surface area contributed by atoms with Crippen molar-refractivity contribution in [1.29, 1.82) is 0 Å². The van der Waals surface area contributed by atoms with Gasteiger partial charge in [-0.1, -0.05) is 44.2 Å². The molecule has 1 rings (SSSR count). The molecule has 0 spiro atoms. The van der Waals surface area contributed by atoms with Crippen LogP contribution in [0.2, 0.25) is 0 Å². The van der Waals surface area contributed by atoms with Crippen LogP contribution in [-0.2, 0) is 16.1 Å². The maximum Gasteiger partial charge on any atom is 0.408 e. The quantitative estimate of drug-likeness (QED) is 0.872. The summed E-state index contributed by atoms with van der Waals surface area (Å²) in [7, 11) is 0. The minimum absolute atomic E-state index is 0.0479. The Kier molecular flexibility index (Phi) is 5.36. The summed E-state index contributed by atoms with van der Waals surface area (Å²) in [5.74, 6) is -0.0200. The first-order valence-corrected chi connectivity index (χ1v) is 5.98. The van der Waals surface area contributed by atoms with Crippen molar-refractivity contribution in [3.05, 3.63) is 35.9 Å². The van der Waals surface area contributed by atoms with Crippen LogP contribution in [0.3, 0.4) is 0 Å². The summed E-state index contributed by atoms with van der Waals surface area (Å²) >= 11 is 0. The Morgan fingerprint density at radius 1 is 1.22 bits per heavy atom. The number of hydrogen-bond acceptors (Lipinski definition) is 3. The number of benzene rings is 1. The molecule has 0 bridgehead atoms. The molecule has 0 heterocycles. The predicted octanol–water partition coefficient (Wildman–Crippen LogP) is 2.53. The van der Waals surface area contributed by atoms with Crippen molar-refractivity contribution in [3.8, 4) is 0 Å². The number of hydrogen-bond donors (Lipinski definition) is 1. The molecule has 0 saturated heterocycles. The average Bonchev–Trinajstić information content (AvgIpc) is 2.34. The fourth-order valence-electron chi connectivity index (χ4n) is 1.63. The Morgan fingerprint density at radius 2 is 1.83 bits per heavy atom. The van der Waals surface area contributed by atoms with Gasteiger partial charge in [0, 0.05) is 0 Å². The lowest BCUT2D eigenvalue weighted by Gasteiger charge is -2.19. The lowest BCUT2D eigenvalue weighted by molar-refractivity contribution is -0.119. The summed E-state index contributed by atoms with van der Waals surface area (Å²) in [5, 5.41) is 2.58. The molecule has 1 unspecified atom stereocenters. The van der Waals surface area contributed by atoms with Crippen LogP contribution in [0.4, 0.5) is 4.79 Å². The van der Waals surface area contributed by atoms with Gasteiger partial charge < -0.3 is 10.1 Å². The number of rotatable bonds is 5. The smallest absolute Gasteiger partial charge is 0.408 e. The number of Topliss-reactive ketones (excluding diaryl/α,β-unsaturated/α-hetero) is 1. The molecule has 0 saturated carbocycles. The van der Waals surface area contributed by atoms with E-state index in [0.717, 1.165) is 5.56 Å². The van der Waals surface area contributed by atoms with Crippen LogP contribution in [0.5, 0.6) is 0 Å². The van der Waals surface area contributed by atoms with Crippen LogP contribution in [0.15, 0.2) is 30.3 Å². The minimum atomic E-state index is -0.562. The van der Waals surface area contributed by atoms with E-state index in [-0.39, 0.29) is 18.3 Å². The van der Waals surface area contributed by atoms with Gasteiger partial charge in [-0.05, 0) is 18.4 Å². The highest BCUT2D eigenvalue weighted by Gasteiger charge is 2.21. The molecule has 18 heavy (non-hydrogen) atoms. The monoisotopic (exact) mass is 249 g/mol. The van der Waals surface area contributed by atoms with Crippen molar-refractivity contribution in [2.45, 2.75) is 33.4 Å². The van der Waals surface area contributed by atoms with Crippen LogP contribution in [0, 0.1) is 5.92 Å². The van der Waals surface area contributed by atoms with Crippen LogP contribution >= 0.6 is 0 Å². The van der Waals surface area contributed by atoms with Gasteiger partial charge in [0.2, 0.25) is 0 Å². The van der Waals surface area contributed by atoms with E-state index in [9.17, 15) is 9.59 Å². The first kappa shape index (κ1) is 14.2. The van der Waals surface area contributed by atoms with Gasteiger partial charge in [0.15, 0.2) is 5.78 Å². The Hall–Kier alpha value is -1.84. The highest BCUT2D eigenvalue weighted by atomic mass is 16.5. The second kappa shape index (κ2) is 6.79. The third-order valence-corrected chi connectivity index (χ3v) is 2.59. The standard InChI is InChI=1S/C14H19NO3/c1-10(2)13(11(3)16)15-14(17)18-9-12-7-5-4-6-8-12/h4-8,10,13H,9H2,1-3H3,(H,15,17). The molecule has 1 N–H and O–H groups in total. The van der Waals surface area contributed by atoms with E-state index in [1.165, 1.54) is 6.92 Å². The molecule has 0 fully saturated rings. The fraction of sp³-hybridized carbons (Fsp3) is 0.429. The minimum Gasteiger partial charge on any atom is -0.445 e. The number of nitrogens with one attached hydrogen (secondary N) is 1. The average molecular weight is 249 g/mol. The largest absolute Gasteiger partial charge is 0.445 e. The van der Waals surface area contributed by atoms with Crippen LogP contribution in [0.25, 0.3) is 0 Å². The van der Waals surface area contributed by atoms with E-state index in [4.69, 9.17) is 4.74 Å². The summed E-state index contributed by atoms with van der Waals surface area (Å²) in [6.07, 6.45) is -0.562. The molecular formula is C14H19NO3. The number of alkyl carbamates (subject to hydrolysis) is 1. The molecule has 0 aliphatic heterocycles. The van der Waals surface area contributed by atoms with Crippen molar-refractivity contribution in [2.75, 3.05) is 0 Å². The second-order valence-electron chi connectivity index (χ2n) is 4.54. The maximum atomic E-state index is 11.6. The lowest BCUT2D eigenvalue weighted by Crippen LogP contribution is -2.43. The maximum absolute atomic E-state index is 11.6. The van der Waals surface area contributed by atoms with Gasteiger partial charge in [-0.25, -0.2) is 4.79 Å². The highest BCUT2D eigenvalue weighted by molar-refractivity contribution is 5.85. The number of ketones is 1.